The van der Waals surface area contributed by atoms with Crippen molar-refractivity contribution in [1.82, 2.24) is 9.88 Å². The summed E-state index contributed by atoms with van der Waals surface area (Å²) in [7, 11) is 1.63. The third kappa shape index (κ3) is 3.07. The van der Waals surface area contributed by atoms with E-state index in [1.54, 1.807) is 13.3 Å². The average Bonchev–Trinajstić information content (AvgIpc) is 2.62. The van der Waals surface area contributed by atoms with E-state index in [0.29, 0.717) is 23.9 Å². The first-order chi connectivity index (χ1) is 9.07. The zero-order valence-electron chi connectivity index (χ0n) is 12.1. The van der Waals surface area contributed by atoms with Crippen LogP contribution in [-0.2, 0) is 5.60 Å². The van der Waals surface area contributed by atoms with E-state index >= 15 is 0 Å². The Kier molecular flexibility index (Phi) is 4.42. The predicted octanol–water partition coefficient (Wildman–Crippen LogP) is 2.17. The molecular formula is C15H24N2O2. The molecule has 2 rings (SSSR count). The fourth-order valence-corrected chi connectivity index (χ4v) is 2.80. The topological polar surface area (TPSA) is 45.6 Å². The lowest BCUT2D eigenvalue weighted by Gasteiger charge is -2.28. The van der Waals surface area contributed by atoms with Gasteiger partial charge in [-0.3, -0.25) is 4.98 Å². The maximum atomic E-state index is 11.0. The van der Waals surface area contributed by atoms with E-state index in [2.05, 4.69) is 23.7 Å². The molecule has 1 aromatic heterocycles. The number of hydrogen-bond donors (Lipinski definition) is 1. The van der Waals surface area contributed by atoms with Gasteiger partial charge < -0.3 is 14.7 Å². The summed E-state index contributed by atoms with van der Waals surface area (Å²) in [5.41, 5.74) is -0.181. The standard InChI is InChI=1S/C15H24N2O2/c1-12(2)17-10-5-7-15(18,8-11-17)14-13(19-3)6-4-9-16-14/h4,6,9,12,18H,5,7-8,10-11H2,1-3H3. The number of likely N-dealkylation sites (tertiary alicyclic amines) is 1. The molecule has 0 spiro atoms. The van der Waals surface area contributed by atoms with Crippen molar-refractivity contribution in [1.29, 1.82) is 0 Å². The van der Waals surface area contributed by atoms with Crippen LogP contribution < -0.4 is 4.74 Å². The summed E-state index contributed by atoms with van der Waals surface area (Å²) in [5.74, 6) is 0.683. The third-order valence-electron chi connectivity index (χ3n) is 4.01. The SMILES string of the molecule is COc1cccnc1C1(O)CCCN(C(C)C)CC1. The van der Waals surface area contributed by atoms with Crippen molar-refractivity contribution in [3.8, 4) is 5.75 Å². The number of aliphatic hydroxyl groups is 1. The van der Waals surface area contributed by atoms with Crippen molar-refractivity contribution < 1.29 is 9.84 Å². The van der Waals surface area contributed by atoms with Crippen molar-refractivity contribution in [3.05, 3.63) is 24.0 Å². The number of pyridine rings is 1. The smallest absolute Gasteiger partial charge is 0.143 e. The van der Waals surface area contributed by atoms with Crippen molar-refractivity contribution in [3.63, 3.8) is 0 Å². The van der Waals surface area contributed by atoms with Gasteiger partial charge in [0, 0.05) is 18.8 Å². The molecule has 0 bridgehead atoms. The molecule has 1 aromatic rings. The minimum atomic E-state index is -0.865. The van der Waals surface area contributed by atoms with Crippen LogP contribution in [0.4, 0.5) is 0 Å². The van der Waals surface area contributed by atoms with Crippen LogP contribution in [0.5, 0.6) is 5.75 Å². The number of ether oxygens (including phenoxy) is 1. The molecule has 0 amide bonds. The highest BCUT2D eigenvalue weighted by atomic mass is 16.5. The highest BCUT2D eigenvalue weighted by Gasteiger charge is 2.36. The van der Waals surface area contributed by atoms with Gasteiger partial charge in [-0.2, -0.15) is 0 Å². The Balaban J connectivity index is 2.22. The molecule has 1 N–H and O–H groups in total. The highest BCUT2D eigenvalue weighted by Crippen LogP contribution is 2.36. The Labute approximate surface area is 115 Å². The molecule has 0 aliphatic carbocycles. The number of nitrogens with zero attached hydrogens (tertiary/aromatic N) is 2. The summed E-state index contributed by atoms with van der Waals surface area (Å²) in [6.45, 7) is 6.33. The van der Waals surface area contributed by atoms with Gasteiger partial charge in [-0.05, 0) is 51.8 Å². The fourth-order valence-electron chi connectivity index (χ4n) is 2.80. The summed E-state index contributed by atoms with van der Waals surface area (Å²) in [6, 6.07) is 4.22. The van der Waals surface area contributed by atoms with Crippen LogP contribution in [0.2, 0.25) is 0 Å². The second kappa shape index (κ2) is 5.88. The largest absolute Gasteiger partial charge is 0.495 e. The molecule has 1 aliphatic rings. The number of rotatable bonds is 3. The van der Waals surface area contributed by atoms with Gasteiger partial charge >= 0.3 is 0 Å². The Bertz CT molecular complexity index is 422. The van der Waals surface area contributed by atoms with E-state index in [-0.39, 0.29) is 0 Å². The van der Waals surface area contributed by atoms with Crippen LogP contribution in [0.1, 0.15) is 38.8 Å². The molecule has 1 fully saturated rings. The minimum absolute atomic E-state index is 0.521. The Morgan fingerprint density at radius 2 is 2.16 bits per heavy atom. The van der Waals surface area contributed by atoms with Crippen molar-refractivity contribution >= 4 is 0 Å². The van der Waals surface area contributed by atoms with Gasteiger partial charge in [0.25, 0.3) is 0 Å². The predicted molar refractivity (Wildman–Crippen MR) is 75.2 cm³/mol. The number of hydrogen-bond acceptors (Lipinski definition) is 4. The lowest BCUT2D eigenvalue weighted by Crippen LogP contribution is -2.34. The lowest BCUT2D eigenvalue weighted by atomic mass is 9.90. The van der Waals surface area contributed by atoms with Crippen LogP contribution in [0, 0.1) is 0 Å². The molecule has 0 saturated carbocycles. The molecule has 1 atom stereocenters. The first-order valence-corrected chi connectivity index (χ1v) is 7.03. The molecule has 106 valence electrons. The molecule has 4 nitrogen and oxygen atoms in total. The monoisotopic (exact) mass is 264 g/mol. The van der Waals surface area contributed by atoms with Crippen molar-refractivity contribution in [2.24, 2.45) is 0 Å². The van der Waals surface area contributed by atoms with Gasteiger partial charge in [-0.1, -0.05) is 0 Å². The van der Waals surface area contributed by atoms with Crippen LogP contribution in [0.3, 0.4) is 0 Å². The normalized spacial score (nSPS) is 25.3. The van der Waals surface area contributed by atoms with Gasteiger partial charge in [0.1, 0.15) is 17.0 Å². The Morgan fingerprint density at radius 1 is 1.37 bits per heavy atom. The van der Waals surface area contributed by atoms with Gasteiger partial charge in [-0.25, -0.2) is 0 Å². The zero-order chi connectivity index (χ0) is 13.9. The number of aromatic nitrogens is 1. The van der Waals surface area contributed by atoms with Gasteiger partial charge in [0.15, 0.2) is 0 Å². The lowest BCUT2D eigenvalue weighted by molar-refractivity contribution is 0.0138. The average molecular weight is 264 g/mol. The maximum absolute atomic E-state index is 11.0. The molecule has 4 heteroatoms. The van der Waals surface area contributed by atoms with Crippen molar-refractivity contribution in [2.45, 2.75) is 44.8 Å². The fraction of sp³-hybridized carbons (Fsp3) is 0.667. The number of methoxy groups -OCH3 is 1. The summed E-state index contributed by atoms with van der Waals surface area (Å²) < 4.78 is 5.34. The Morgan fingerprint density at radius 3 is 2.84 bits per heavy atom. The molecular weight excluding hydrogens is 240 g/mol. The third-order valence-corrected chi connectivity index (χ3v) is 4.01. The quantitative estimate of drug-likeness (QED) is 0.909. The highest BCUT2D eigenvalue weighted by molar-refractivity contribution is 5.32. The van der Waals surface area contributed by atoms with Crippen LogP contribution in [-0.4, -0.2) is 41.2 Å². The minimum Gasteiger partial charge on any atom is -0.495 e. The van der Waals surface area contributed by atoms with E-state index in [0.717, 1.165) is 25.9 Å². The van der Waals surface area contributed by atoms with Crippen molar-refractivity contribution in [2.75, 3.05) is 20.2 Å². The summed E-state index contributed by atoms with van der Waals surface area (Å²) in [4.78, 5) is 6.77. The van der Waals surface area contributed by atoms with Crippen LogP contribution in [0.25, 0.3) is 0 Å². The van der Waals surface area contributed by atoms with Gasteiger partial charge in [-0.15, -0.1) is 0 Å². The van der Waals surface area contributed by atoms with E-state index in [9.17, 15) is 5.11 Å². The first kappa shape index (κ1) is 14.3. The summed E-state index contributed by atoms with van der Waals surface area (Å²) in [5, 5.41) is 11.0. The Hall–Kier alpha value is -1.13. The molecule has 2 heterocycles. The van der Waals surface area contributed by atoms with Gasteiger partial charge in [0.2, 0.25) is 0 Å². The zero-order valence-corrected chi connectivity index (χ0v) is 12.1. The van der Waals surface area contributed by atoms with E-state index in [4.69, 9.17) is 4.74 Å². The van der Waals surface area contributed by atoms with Gasteiger partial charge in [0.05, 0.1) is 7.11 Å². The van der Waals surface area contributed by atoms with E-state index < -0.39 is 5.60 Å². The summed E-state index contributed by atoms with van der Waals surface area (Å²) in [6.07, 6.45) is 4.15. The molecule has 0 radical (unpaired) electrons. The van der Waals surface area contributed by atoms with E-state index in [1.165, 1.54) is 0 Å². The summed E-state index contributed by atoms with van der Waals surface area (Å²) >= 11 is 0. The second-order valence-corrected chi connectivity index (χ2v) is 5.57. The molecule has 1 saturated heterocycles. The molecule has 1 aliphatic heterocycles. The molecule has 1 unspecified atom stereocenters. The van der Waals surface area contributed by atoms with Crippen LogP contribution >= 0.6 is 0 Å². The van der Waals surface area contributed by atoms with E-state index in [1.807, 2.05) is 12.1 Å². The molecule has 19 heavy (non-hydrogen) atoms. The first-order valence-electron chi connectivity index (χ1n) is 7.03. The van der Waals surface area contributed by atoms with Crippen LogP contribution in [0.15, 0.2) is 18.3 Å². The molecule has 0 aromatic carbocycles. The maximum Gasteiger partial charge on any atom is 0.143 e. The second-order valence-electron chi connectivity index (χ2n) is 5.57.